The van der Waals surface area contributed by atoms with Crippen molar-refractivity contribution >= 4 is 18.4 Å². The summed E-state index contributed by atoms with van der Waals surface area (Å²) in [4.78, 5) is 12.6. The van der Waals surface area contributed by atoms with Crippen LogP contribution in [0.1, 0.15) is 0 Å². The fraction of sp³-hybridized carbons (Fsp3) is 0. The first-order chi connectivity index (χ1) is 9.36. The van der Waals surface area contributed by atoms with Gasteiger partial charge in [0.1, 0.15) is 5.29 Å². The monoisotopic (exact) mass is 264 g/mol. The predicted octanol–water partition coefficient (Wildman–Crippen LogP) is 3.03. The molecule has 0 aliphatic heterocycles. The van der Waals surface area contributed by atoms with Gasteiger partial charge >= 0.3 is 0 Å². The van der Waals surface area contributed by atoms with Gasteiger partial charge in [0.05, 0.1) is 7.77 Å². The molecule has 0 heterocycles. The second kappa shape index (κ2) is 5.36. The number of hydrogen-bond donors (Lipinski definition) is 0. The minimum absolute atomic E-state index is 0.887. The third-order valence-electron chi connectivity index (χ3n) is 3.09. The summed E-state index contributed by atoms with van der Waals surface area (Å²) in [7, 11) is -1.53. The lowest BCUT2D eigenvalue weighted by atomic mass is 10.1. The van der Waals surface area contributed by atoms with Crippen LogP contribution in [-0.4, -0.2) is 5.29 Å². The highest BCUT2D eigenvalue weighted by Crippen LogP contribution is 2.26. The zero-order chi connectivity index (χ0) is 13.1. The van der Waals surface area contributed by atoms with Gasteiger partial charge in [0.2, 0.25) is 0 Å². The zero-order valence-electron chi connectivity index (χ0n) is 10.4. The molecule has 0 N–H and O–H groups in total. The topological polar surface area (TPSA) is 23.1 Å². The van der Waals surface area contributed by atoms with Crippen LogP contribution < -0.4 is 10.2 Å². The van der Waals surface area contributed by atoms with E-state index in [0.717, 1.165) is 21.7 Å². The van der Waals surface area contributed by atoms with Crippen LogP contribution >= 0.6 is 7.77 Å². The number of hydrogen-bond acceptors (Lipinski definition) is 1. The Hall–Kier alpha value is -1.95. The molecule has 0 radical (unpaired) electrons. The molecule has 2 aromatic carbocycles. The maximum Gasteiger partial charge on any atom is 0.153 e. The standard InChI is InChI=1S/C17H13OP/c18-19(15-10-4-5-11-15)17-13-7-6-12-16(17)14-8-2-1-3-9-14/h1-13H. The Bertz CT molecular complexity index is 667. The van der Waals surface area contributed by atoms with Crippen molar-refractivity contribution in [2.45, 2.75) is 0 Å². The lowest BCUT2D eigenvalue weighted by Gasteiger charge is -2.07. The van der Waals surface area contributed by atoms with Crippen LogP contribution in [-0.2, 0) is 0 Å². The Kier molecular flexibility index (Phi) is 3.41. The van der Waals surface area contributed by atoms with Gasteiger partial charge < -0.3 is 4.89 Å². The van der Waals surface area contributed by atoms with Gasteiger partial charge in [-0.2, -0.15) is 0 Å². The van der Waals surface area contributed by atoms with Crippen molar-refractivity contribution in [3.8, 4) is 11.1 Å². The van der Waals surface area contributed by atoms with Gasteiger partial charge in [-0.1, -0.05) is 54.6 Å². The molecule has 1 unspecified atom stereocenters. The molecule has 0 bridgehead atoms. The van der Waals surface area contributed by atoms with Crippen molar-refractivity contribution in [1.82, 2.24) is 0 Å². The van der Waals surface area contributed by atoms with Crippen molar-refractivity contribution in [3.63, 3.8) is 0 Å². The van der Waals surface area contributed by atoms with E-state index in [0.29, 0.717) is 0 Å². The highest BCUT2D eigenvalue weighted by Gasteiger charge is 2.15. The Labute approximate surface area is 114 Å². The average molecular weight is 264 g/mol. The first-order valence-corrected chi connectivity index (χ1v) is 7.45. The quantitative estimate of drug-likeness (QED) is 0.765. The van der Waals surface area contributed by atoms with Crippen LogP contribution in [0.5, 0.6) is 0 Å². The third-order valence-corrected chi connectivity index (χ3v) is 4.68. The molecule has 1 aliphatic carbocycles. The zero-order valence-corrected chi connectivity index (χ0v) is 11.3. The number of rotatable bonds is 2. The lowest BCUT2D eigenvalue weighted by molar-refractivity contribution is -0.149. The summed E-state index contributed by atoms with van der Waals surface area (Å²) in [5, 5.41) is 1.79. The summed E-state index contributed by atoms with van der Waals surface area (Å²) in [6, 6.07) is 18.0. The fourth-order valence-corrected chi connectivity index (χ4v) is 3.52. The maximum absolute atomic E-state index is 12.6. The van der Waals surface area contributed by atoms with Crippen molar-refractivity contribution in [1.29, 1.82) is 0 Å². The summed E-state index contributed by atoms with van der Waals surface area (Å²) in [6.45, 7) is 0. The molecule has 2 heteroatoms. The molecule has 0 saturated heterocycles. The molecular formula is C17H13OP. The number of benzene rings is 2. The smallest absolute Gasteiger partial charge is 0.153 e. The molecular weight excluding hydrogens is 251 g/mol. The molecule has 2 aromatic rings. The molecule has 0 amide bonds. The van der Waals surface area contributed by atoms with Gasteiger partial charge in [0.15, 0.2) is 5.30 Å². The van der Waals surface area contributed by atoms with Gasteiger partial charge in [-0.05, 0) is 29.8 Å². The average Bonchev–Trinajstić information content (AvgIpc) is 3.02. The fourth-order valence-electron chi connectivity index (χ4n) is 2.15. The van der Waals surface area contributed by atoms with E-state index < -0.39 is 7.77 Å². The number of allylic oxidation sites excluding steroid dienone is 4. The summed E-state index contributed by atoms with van der Waals surface area (Å²) < 4.78 is 0. The first kappa shape index (κ1) is 12.1. The van der Waals surface area contributed by atoms with Crippen LogP contribution in [0, 0.1) is 0 Å². The maximum atomic E-state index is 12.6. The van der Waals surface area contributed by atoms with Gasteiger partial charge in [0.25, 0.3) is 0 Å². The minimum atomic E-state index is -1.53. The molecule has 0 spiro atoms. The van der Waals surface area contributed by atoms with E-state index in [1.54, 1.807) is 0 Å². The van der Waals surface area contributed by atoms with E-state index in [9.17, 15) is 4.89 Å². The van der Waals surface area contributed by atoms with E-state index >= 15 is 0 Å². The molecule has 1 aliphatic rings. The summed E-state index contributed by atoms with van der Waals surface area (Å²) >= 11 is 0. The van der Waals surface area contributed by atoms with Crippen molar-refractivity contribution < 1.29 is 4.89 Å². The Morgan fingerprint density at radius 1 is 0.737 bits per heavy atom. The predicted molar refractivity (Wildman–Crippen MR) is 81.7 cm³/mol. The van der Waals surface area contributed by atoms with E-state index in [-0.39, 0.29) is 0 Å². The third kappa shape index (κ3) is 2.44. The van der Waals surface area contributed by atoms with E-state index in [1.165, 1.54) is 0 Å². The second-order valence-electron chi connectivity index (χ2n) is 4.32. The largest absolute Gasteiger partial charge is 0.625 e. The van der Waals surface area contributed by atoms with Crippen molar-refractivity contribution in [2.75, 3.05) is 0 Å². The van der Waals surface area contributed by atoms with Crippen LogP contribution in [0.4, 0.5) is 0 Å². The van der Waals surface area contributed by atoms with E-state index in [2.05, 4.69) is 0 Å². The Morgan fingerprint density at radius 2 is 1.37 bits per heavy atom. The SMILES string of the molecule is [O-][P+](=C1C=CC=C1)c1ccccc1-c1ccccc1. The lowest BCUT2D eigenvalue weighted by Crippen LogP contribution is -2.12. The van der Waals surface area contributed by atoms with E-state index in [1.807, 2.05) is 78.9 Å². The molecule has 92 valence electrons. The second-order valence-corrected chi connectivity index (χ2v) is 5.91. The first-order valence-electron chi connectivity index (χ1n) is 6.20. The van der Waals surface area contributed by atoms with Crippen molar-refractivity contribution in [3.05, 3.63) is 78.9 Å². The Balaban J connectivity index is 2.16. The van der Waals surface area contributed by atoms with Gasteiger partial charge in [-0.3, -0.25) is 0 Å². The van der Waals surface area contributed by atoms with Crippen LogP contribution in [0.15, 0.2) is 78.9 Å². The molecule has 0 fully saturated rings. The molecule has 19 heavy (non-hydrogen) atoms. The highest BCUT2D eigenvalue weighted by atomic mass is 31.1. The van der Waals surface area contributed by atoms with Gasteiger partial charge in [-0.15, -0.1) is 0 Å². The summed E-state index contributed by atoms with van der Waals surface area (Å²) in [5.41, 5.74) is 2.15. The van der Waals surface area contributed by atoms with Gasteiger partial charge in [0, 0.05) is 5.56 Å². The molecule has 0 aromatic heterocycles. The molecule has 1 nitrogen and oxygen atoms in total. The van der Waals surface area contributed by atoms with Crippen LogP contribution in [0.2, 0.25) is 0 Å². The van der Waals surface area contributed by atoms with Crippen LogP contribution in [0.25, 0.3) is 11.1 Å². The van der Waals surface area contributed by atoms with Gasteiger partial charge in [-0.25, -0.2) is 0 Å². The molecule has 1 atom stereocenters. The summed E-state index contributed by atoms with van der Waals surface area (Å²) in [5.74, 6) is 0. The molecule has 3 rings (SSSR count). The highest BCUT2D eigenvalue weighted by molar-refractivity contribution is 7.61. The normalized spacial score (nSPS) is 13.9. The van der Waals surface area contributed by atoms with E-state index in [4.69, 9.17) is 0 Å². The Morgan fingerprint density at radius 3 is 2.11 bits per heavy atom. The molecule has 0 saturated carbocycles. The minimum Gasteiger partial charge on any atom is -0.625 e. The van der Waals surface area contributed by atoms with Crippen molar-refractivity contribution in [2.24, 2.45) is 0 Å². The van der Waals surface area contributed by atoms with Crippen LogP contribution in [0.3, 0.4) is 0 Å². The summed E-state index contributed by atoms with van der Waals surface area (Å²) in [6.07, 6.45) is 7.68.